The lowest BCUT2D eigenvalue weighted by atomic mass is 10.2. The first kappa shape index (κ1) is 14.5. The number of esters is 1. The third kappa shape index (κ3) is 2.80. The zero-order valence-electron chi connectivity index (χ0n) is 12.3. The van der Waals surface area contributed by atoms with Gasteiger partial charge >= 0.3 is 5.97 Å². The molecular formula is C17H15NO3S. The third-order valence-electron chi connectivity index (χ3n) is 3.25. The van der Waals surface area contributed by atoms with E-state index in [0.29, 0.717) is 5.75 Å². The largest absolute Gasteiger partial charge is 0.478 e. The number of ether oxygens (including phenoxy) is 2. The second kappa shape index (κ2) is 6.15. The van der Waals surface area contributed by atoms with Crippen molar-refractivity contribution >= 4 is 27.5 Å². The molecular weight excluding hydrogens is 298 g/mol. The fourth-order valence-corrected chi connectivity index (χ4v) is 3.13. The molecule has 3 rings (SSSR count). The zero-order chi connectivity index (χ0) is 15.5. The standard InChI is InChI=1S/C17H15NO3S/c1-11(17(19)20-2)21-14-9-5-3-7-12(14)16-18-13-8-4-6-10-15(13)22-16/h3-11H,1-2H3. The molecule has 2 aromatic carbocycles. The van der Waals surface area contributed by atoms with Gasteiger partial charge in [-0.2, -0.15) is 0 Å². The van der Waals surface area contributed by atoms with Crippen LogP contribution in [0.15, 0.2) is 48.5 Å². The Hall–Kier alpha value is -2.40. The van der Waals surface area contributed by atoms with Crippen LogP contribution in [0.25, 0.3) is 20.8 Å². The highest BCUT2D eigenvalue weighted by Gasteiger charge is 2.18. The number of aromatic nitrogens is 1. The maximum Gasteiger partial charge on any atom is 0.346 e. The summed E-state index contributed by atoms with van der Waals surface area (Å²) in [7, 11) is 1.35. The van der Waals surface area contributed by atoms with Crippen molar-refractivity contribution in [3.05, 3.63) is 48.5 Å². The summed E-state index contributed by atoms with van der Waals surface area (Å²) < 4.78 is 11.6. The molecule has 0 saturated carbocycles. The van der Waals surface area contributed by atoms with E-state index in [1.807, 2.05) is 48.5 Å². The van der Waals surface area contributed by atoms with E-state index in [2.05, 4.69) is 4.98 Å². The van der Waals surface area contributed by atoms with Gasteiger partial charge in [0.15, 0.2) is 6.10 Å². The molecule has 1 heterocycles. The van der Waals surface area contributed by atoms with Crippen LogP contribution in [0.5, 0.6) is 5.75 Å². The van der Waals surface area contributed by atoms with Crippen LogP contribution in [0.3, 0.4) is 0 Å². The number of rotatable bonds is 4. The van der Waals surface area contributed by atoms with Crippen molar-refractivity contribution in [2.75, 3.05) is 7.11 Å². The monoisotopic (exact) mass is 313 g/mol. The summed E-state index contributed by atoms with van der Waals surface area (Å²) >= 11 is 1.60. The van der Waals surface area contributed by atoms with Crippen LogP contribution in [0, 0.1) is 0 Å². The number of para-hydroxylation sites is 2. The van der Waals surface area contributed by atoms with E-state index in [1.54, 1.807) is 18.3 Å². The van der Waals surface area contributed by atoms with Crippen molar-refractivity contribution in [2.24, 2.45) is 0 Å². The van der Waals surface area contributed by atoms with Crippen LogP contribution in [0.4, 0.5) is 0 Å². The van der Waals surface area contributed by atoms with Crippen molar-refractivity contribution in [1.29, 1.82) is 0 Å². The first-order chi connectivity index (χ1) is 10.7. The fraction of sp³-hybridized carbons (Fsp3) is 0.176. The Morgan fingerprint density at radius 2 is 1.86 bits per heavy atom. The van der Waals surface area contributed by atoms with Gasteiger partial charge in [-0.15, -0.1) is 11.3 Å². The van der Waals surface area contributed by atoms with E-state index in [1.165, 1.54) is 7.11 Å². The van der Waals surface area contributed by atoms with Crippen molar-refractivity contribution in [2.45, 2.75) is 13.0 Å². The molecule has 0 amide bonds. The summed E-state index contributed by atoms with van der Waals surface area (Å²) in [6.07, 6.45) is -0.666. The molecule has 0 bridgehead atoms. The number of thiazole rings is 1. The molecule has 0 aliphatic heterocycles. The molecule has 0 saturated heterocycles. The van der Waals surface area contributed by atoms with Crippen LogP contribution in [-0.4, -0.2) is 24.2 Å². The predicted octanol–water partition coefficient (Wildman–Crippen LogP) is 3.90. The van der Waals surface area contributed by atoms with Gasteiger partial charge in [-0.3, -0.25) is 0 Å². The predicted molar refractivity (Wildman–Crippen MR) is 87.2 cm³/mol. The molecule has 22 heavy (non-hydrogen) atoms. The number of methoxy groups -OCH3 is 1. The maximum absolute atomic E-state index is 11.5. The highest BCUT2D eigenvalue weighted by Crippen LogP contribution is 2.35. The van der Waals surface area contributed by atoms with E-state index >= 15 is 0 Å². The van der Waals surface area contributed by atoms with Crippen LogP contribution in [0.2, 0.25) is 0 Å². The topological polar surface area (TPSA) is 48.4 Å². The number of fused-ring (bicyclic) bond motifs is 1. The molecule has 1 unspecified atom stereocenters. The van der Waals surface area contributed by atoms with Gasteiger partial charge in [-0.25, -0.2) is 9.78 Å². The lowest BCUT2D eigenvalue weighted by Gasteiger charge is -2.14. The Balaban J connectivity index is 1.98. The van der Waals surface area contributed by atoms with E-state index in [-0.39, 0.29) is 0 Å². The molecule has 112 valence electrons. The number of hydrogen-bond acceptors (Lipinski definition) is 5. The molecule has 0 spiro atoms. The highest BCUT2D eigenvalue weighted by molar-refractivity contribution is 7.21. The molecule has 0 fully saturated rings. The summed E-state index contributed by atoms with van der Waals surface area (Å²) in [6, 6.07) is 15.6. The minimum atomic E-state index is -0.666. The molecule has 0 radical (unpaired) electrons. The number of benzene rings is 2. The van der Waals surface area contributed by atoms with Gasteiger partial charge in [-0.1, -0.05) is 24.3 Å². The Morgan fingerprint density at radius 1 is 1.14 bits per heavy atom. The summed E-state index contributed by atoms with van der Waals surface area (Å²) in [4.78, 5) is 16.2. The van der Waals surface area contributed by atoms with Gasteiger partial charge in [0.05, 0.1) is 22.9 Å². The first-order valence-electron chi connectivity index (χ1n) is 6.88. The zero-order valence-corrected chi connectivity index (χ0v) is 13.1. The second-order valence-corrected chi connectivity index (χ2v) is 5.80. The van der Waals surface area contributed by atoms with Crippen LogP contribution in [0.1, 0.15) is 6.92 Å². The molecule has 3 aromatic rings. The minimum absolute atomic E-state index is 0.404. The second-order valence-electron chi connectivity index (χ2n) is 4.77. The van der Waals surface area contributed by atoms with Gasteiger partial charge < -0.3 is 9.47 Å². The first-order valence-corrected chi connectivity index (χ1v) is 7.70. The van der Waals surface area contributed by atoms with Gasteiger partial charge in [0.1, 0.15) is 10.8 Å². The number of nitrogens with zero attached hydrogens (tertiary/aromatic N) is 1. The summed E-state index contributed by atoms with van der Waals surface area (Å²) in [5.74, 6) is 0.221. The van der Waals surface area contributed by atoms with Gasteiger partial charge in [0.2, 0.25) is 0 Å². The summed E-state index contributed by atoms with van der Waals surface area (Å²) in [5, 5.41) is 0.869. The smallest absolute Gasteiger partial charge is 0.346 e. The van der Waals surface area contributed by atoms with E-state index in [9.17, 15) is 4.79 Å². The molecule has 5 heteroatoms. The average molecular weight is 313 g/mol. The van der Waals surface area contributed by atoms with Crippen LogP contribution >= 0.6 is 11.3 Å². The molecule has 0 aliphatic rings. The lowest BCUT2D eigenvalue weighted by molar-refractivity contribution is -0.147. The molecule has 4 nitrogen and oxygen atoms in total. The Kier molecular flexibility index (Phi) is 4.06. The number of carbonyl (C=O) groups excluding carboxylic acids is 1. The van der Waals surface area contributed by atoms with E-state index in [0.717, 1.165) is 20.8 Å². The molecule has 1 aromatic heterocycles. The van der Waals surface area contributed by atoms with Crippen molar-refractivity contribution < 1.29 is 14.3 Å². The van der Waals surface area contributed by atoms with Gasteiger partial charge in [0.25, 0.3) is 0 Å². The maximum atomic E-state index is 11.5. The minimum Gasteiger partial charge on any atom is -0.478 e. The quantitative estimate of drug-likeness (QED) is 0.685. The average Bonchev–Trinajstić information content (AvgIpc) is 2.98. The summed E-state index contributed by atoms with van der Waals surface area (Å²) in [6.45, 7) is 1.67. The SMILES string of the molecule is COC(=O)C(C)Oc1ccccc1-c1nc2ccccc2s1. The normalized spacial score (nSPS) is 12.1. The molecule has 0 aliphatic carbocycles. The molecule has 0 N–H and O–H groups in total. The van der Waals surface area contributed by atoms with Crippen molar-refractivity contribution in [3.8, 4) is 16.3 Å². The Labute approximate surface area is 132 Å². The number of carbonyl (C=O) groups is 1. The Bertz CT molecular complexity index is 779. The van der Waals surface area contributed by atoms with Crippen LogP contribution in [-0.2, 0) is 9.53 Å². The third-order valence-corrected chi connectivity index (χ3v) is 4.32. The summed E-state index contributed by atoms with van der Waals surface area (Å²) in [5.41, 5.74) is 1.83. The van der Waals surface area contributed by atoms with E-state index < -0.39 is 12.1 Å². The highest BCUT2D eigenvalue weighted by atomic mass is 32.1. The number of hydrogen-bond donors (Lipinski definition) is 0. The Morgan fingerprint density at radius 3 is 2.64 bits per heavy atom. The van der Waals surface area contributed by atoms with E-state index in [4.69, 9.17) is 9.47 Å². The van der Waals surface area contributed by atoms with Crippen molar-refractivity contribution in [3.63, 3.8) is 0 Å². The fourth-order valence-electron chi connectivity index (χ4n) is 2.14. The van der Waals surface area contributed by atoms with Gasteiger partial charge in [-0.05, 0) is 31.2 Å². The van der Waals surface area contributed by atoms with Gasteiger partial charge in [0, 0.05) is 0 Å². The molecule has 1 atom stereocenters. The lowest BCUT2D eigenvalue weighted by Crippen LogP contribution is -2.25. The van der Waals surface area contributed by atoms with Crippen LogP contribution < -0.4 is 4.74 Å². The van der Waals surface area contributed by atoms with Crippen molar-refractivity contribution in [1.82, 2.24) is 4.98 Å².